The van der Waals surface area contributed by atoms with Crippen molar-refractivity contribution >= 4 is 11.6 Å². The number of amides is 1. The molecule has 0 radical (unpaired) electrons. The first kappa shape index (κ1) is 17.7. The Balaban J connectivity index is 1.89. The maximum Gasteiger partial charge on any atom is 0.277 e. The molecule has 1 amide bonds. The van der Waals surface area contributed by atoms with Crippen LogP contribution in [0.2, 0.25) is 0 Å². The molecule has 0 bridgehead atoms. The van der Waals surface area contributed by atoms with Gasteiger partial charge in [-0.15, -0.1) is 0 Å². The minimum atomic E-state index is -0.279. The molecular weight excluding hydrogens is 300 g/mol. The van der Waals surface area contributed by atoms with Crippen LogP contribution < -0.4 is 10.2 Å². The fraction of sp³-hybridized carbons (Fsp3) is 0.300. The van der Waals surface area contributed by atoms with E-state index in [1.54, 1.807) is 0 Å². The summed E-state index contributed by atoms with van der Waals surface area (Å²) in [4.78, 5) is 11.9. The van der Waals surface area contributed by atoms with Crippen molar-refractivity contribution in [3.05, 3.63) is 64.7 Å². The second-order valence-electron chi connectivity index (χ2n) is 5.89. The monoisotopic (exact) mass is 324 g/mol. The highest BCUT2D eigenvalue weighted by atomic mass is 16.5. The van der Waals surface area contributed by atoms with Crippen LogP contribution in [0.1, 0.15) is 36.1 Å². The molecule has 2 aromatic rings. The van der Waals surface area contributed by atoms with Crippen molar-refractivity contribution in [3.63, 3.8) is 0 Å². The lowest BCUT2D eigenvalue weighted by atomic mass is 10.1. The SMILES string of the molecule is CCc1ccc(/C(C)=N\NC(=O)COc2cc(C)cc(C)c2)cc1. The van der Waals surface area contributed by atoms with Gasteiger partial charge in [0.2, 0.25) is 0 Å². The van der Waals surface area contributed by atoms with Gasteiger partial charge >= 0.3 is 0 Å². The van der Waals surface area contributed by atoms with Crippen LogP contribution in [0.5, 0.6) is 5.75 Å². The number of aryl methyl sites for hydroxylation is 3. The van der Waals surface area contributed by atoms with Crippen LogP contribution in [0.15, 0.2) is 47.6 Å². The molecule has 0 saturated heterocycles. The number of hydrazone groups is 1. The van der Waals surface area contributed by atoms with E-state index in [0.29, 0.717) is 5.75 Å². The van der Waals surface area contributed by atoms with E-state index in [1.807, 2.05) is 45.0 Å². The molecular formula is C20H24N2O2. The lowest BCUT2D eigenvalue weighted by Gasteiger charge is -2.08. The van der Waals surface area contributed by atoms with E-state index in [-0.39, 0.29) is 12.5 Å². The molecule has 0 unspecified atom stereocenters. The fourth-order valence-corrected chi connectivity index (χ4v) is 2.39. The Labute approximate surface area is 143 Å². The zero-order valence-corrected chi connectivity index (χ0v) is 14.7. The molecule has 126 valence electrons. The normalized spacial score (nSPS) is 11.2. The molecule has 0 aliphatic rings. The van der Waals surface area contributed by atoms with Gasteiger partial charge in [0.25, 0.3) is 5.91 Å². The molecule has 0 aromatic heterocycles. The number of carbonyl (C=O) groups is 1. The number of hydrogen-bond donors (Lipinski definition) is 1. The smallest absolute Gasteiger partial charge is 0.277 e. The molecule has 4 heteroatoms. The quantitative estimate of drug-likeness (QED) is 0.649. The highest BCUT2D eigenvalue weighted by molar-refractivity contribution is 5.99. The molecule has 0 aliphatic heterocycles. The standard InChI is InChI=1S/C20H24N2O2/c1-5-17-6-8-18(9-7-17)16(4)21-22-20(23)13-24-19-11-14(2)10-15(3)12-19/h6-12H,5,13H2,1-4H3,(H,22,23)/b21-16-. The second kappa shape index (κ2) is 8.29. The third-order valence-electron chi connectivity index (χ3n) is 3.69. The minimum Gasteiger partial charge on any atom is -0.484 e. The summed E-state index contributed by atoms with van der Waals surface area (Å²) in [6.45, 7) is 7.92. The van der Waals surface area contributed by atoms with Gasteiger partial charge in [-0.1, -0.05) is 37.3 Å². The van der Waals surface area contributed by atoms with E-state index in [4.69, 9.17) is 4.74 Å². The largest absolute Gasteiger partial charge is 0.484 e. The molecule has 2 aromatic carbocycles. The van der Waals surface area contributed by atoms with E-state index in [0.717, 1.165) is 28.8 Å². The van der Waals surface area contributed by atoms with Crippen molar-refractivity contribution < 1.29 is 9.53 Å². The van der Waals surface area contributed by atoms with Crippen LogP contribution in [0.4, 0.5) is 0 Å². The van der Waals surface area contributed by atoms with Crippen LogP contribution in [-0.4, -0.2) is 18.2 Å². The van der Waals surface area contributed by atoms with Crippen molar-refractivity contribution in [1.82, 2.24) is 5.43 Å². The Bertz CT molecular complexity index is 714. The maximum atomic E-state index is 11.9. The first-order valence-corrected chi connectivity index (χ1v) is 8.11. The van der Waals surface area contributed by atoms with E-state index < -0.39 is 0 Å². The highest BCUT2D eigenvalue weighted by Gasteiger charge is 2.04. The summed E-state index contributed by atoms with van der Waals surface area (Å²) >= 11 is 0. The van der Waals surface area contributed by atoms with Gasteiger partial charge in [-0.25, -0.2) is 5.43 Å². The van der Waals surface area contributed by atoms with Crippen molar-refractivity contribution in [1.29, 1.82) is 0 Å². The number of carbonyl (C=O) groups excluding carboxylic acids is 1. The molecule has 0 spiro atoms. The average molecular weight is 324 g/mol. The Kier molecular flexibility index (Phi) is 6.13. The van der Waals surface area contributed by atoms with Crippen LogP contribution in [0.25, 0.3) is 0 Å². The molecule has 24 heavy (non-hydrogen) atoms. The first-order chi connectivity index (χ1) is 11.5. The average Bonchev–Trinajstić information content (AvgIpc) is 2.57. The minimum absolute atomic E-state index is 0.0611. The van der Waals surface area contributed by atoms with Gasteiger partial charge in [-0.05, 0) is 61.6 Å². The van der Waals surface area contributed by atoms with E-state index >= 15 is 0 Å². The Morgan fingerprint density at radius 1 is 1.08 bits per heavy atom. The molecule has 0 aliphatic carbocycles. The summed E-state index contributed by atoms with van der Waals surface area (Å²) in [6, 6.07) is 14.0. The number of hydrogen-bond acceptors (Lipinski definition) is 3. The molecule has 0 fully saturated rings. The molecule has 0 saturated carbocycles. The Morgan fingerprint density at radius 3 is 2.29 bits per heavy atom. The van der Waals surface area contributed by atoms with Gasteiger partial charge in [-0.3, -0.25) is 4.79 Å². The Hall–Kier alpha value is -2.62. The number of rotatable bonds is 6. The lowest BCUT2D eigenvalue weighted by Crippen LogP contribution is -2.25. The summed E-state index contributed by atoms with van der Waals surface area (Å²) in [6.07, 6.45) is 1.00. The van der Waals surface area contributed by atoms with Crippen LogP contribution in [0.3, 0.4) is 0 Å². The molecule has 2 rings (SSSR count). The van der Waals surface area contributed by atoms with Crippen LogP contribution >= 0.6 is 0 Å². The molecule has 0 atom stereocenters. The third-order valence-corrected chi connectivity index (χ3v) is 3.69. The van der Waals surface area contributed by atoms with Gasteiger partial charge < -0.3 is 4.74 Å². The zero-order valence-electron chi connectivity index (χ0n) is 14.7. The van der Waals surface area contributed by atoms with E-state index in [9.17, 15) is 4.79 Å². The van der Waals surface area contributed by atoms with Gasteiger partial charge in [0.05, 0.1) is 5.71 Å². The fourth-order valence-electron chi connectivity index (χ4n) is 2.39. The zero-order chi connectivity index (χ0) is 17.5. The topological polar surface area (TPSA) is 50.7 Å². The summed E-state index contributed by atoms with van der Waals surface area (Å²) in [5.41, 5.74) is 7.77. The molecule has 1 N–H and O–H groups in total. The number of benzene rings is 2. The summed E-state index contributed by atoms with van der Waals surface area (Å²) < 4.78 is 5.52. The third kappa shape index (κ3) is 5.23. The Morgan fingerprint density at radius 2 is 1.71 bits per heavy atom. The van der Waals surface area contributed by atoms with Crippen molar-refractivity contribution in [2.75, 3.05) is 6.61 Å². The van der Waals surface area contributed by atoms with Gasteiger partial charge in [-0.2, -0.15) is 5.10 Å². The molecule has 4 nitrogen and oxygen atoms in total. The number of nitrogens with zero attached hydrogens (tertiary/aromatic N) is 1. The van der Waals surface area contributed by atoms with Gasteiger partial charge in [0.1, 0.15) is 5.75 Å². The van der Waals surface area contributed by atoms with E-state index in [1.165, 1.54) is 5.56 Å². The van der Waals surface area contributed by atoms with Crippen LogP contribution in [0, 0.1) is 13.8 Å². The van der Waals surface area contributed by atoms with Crippen molar-refractivity contribution in [2.45, 2.75) is 34.1 Å². The summed E-state index contributed by atoms with van der Waals surface area (Å²) in [5, 5.41) is 4.13. The van der Waals surface area contributed by atoms with Crippen LogP contribution in [-0.2, 0) is 11.2 Å². The number of nitrogens with one attached hydrogen (secondary N) is 1. The lowest BCUT2D eigenvalue weighted by molar-refractivity contribution is -0.123. The van der Waals surface area contributed by atoms with Crippen molar-refractivity contribution in [3.8, 4) is 5.75 Å². The van der Waals surface area contributed by atoms with Gasteiger partial charge in [0.15, 0.2) is 6.61 Å². The highest BCUT2D eigenvalue weighted by Crippen LogP contribution is 2.15. The summed E-state index contributed by atoms with van der Waals surface area (Å²) in [5.74, 6) is 0.414. The second-order valence-corrected chi connectivity index (χ2v) is 5.89. The molecule has 0 heterocycles. The van der Waals surface area contributed by atoms with E-state index in [2.05, 4.69) is 35.7 Å². The van der Waals surface area contributed by atoms with Crippen molar-refractivity contribution in [2.24, 2.45) is 5.10 Å². The summed E-state index contributed by atoms with van der Waals surface area (Å²) in [7, 11) is 0. The maximum absolute atomic E-state index is 11.9. The predicted octanol–water partition coefficient (Wildman–Crippen LogP) is 3.79. The first-order valence-electron chi connectivity index (χ1n) is 8.11. The number of ether oxygens (including phenoxy) is 1. The predicted molar refractivity (Wildman–Crippen MR) is 97.6 cm³/mol. The van der Waals surface area contributed by atoms with Gasteiger partial charge in [0, 0.05) is 0 Å².